The molecule has 0 aliphatic rings. The quantitative estimate of drug-likeness (QED) is 0.640. The van der Waals surface area contributed by atoms with Gasteiger partial charge in [0, 0.05) is 0 Å². The monoisotopic (exact) mass is 268 g/mol. The van der Waals surface area contributed by atoms with E-state index in [4.69, 9.17) is 0 Å². The second-order valence-corrected chi connectivity index (χ2v) is 8.97. The van der Waals surface area contributed by atoms with E-state index >= 15 is 0 Å². The van der Waals surface area contributed by atoms with Crippen molar-refractivity contribution in [2.75, 3.05) is 0 Å². The molecule has 0 spiro atoms. The Morgan fingerprint density at radius 2 is 1.50 bits per heavy atom. The van der Waals surface area contributed by atoms with Crippen molar-refractivity contribution in [3.63, 3.8) is 0 Å². The molecule has 0 aliphatic heterocycles. The predicted octanol–water partition coefficient (Wildman–Crippen LogP) is 1.55. The normalized spacial score (nSPS) is 11.0. The number of hydrogen-bond donors (Lipinski definition) is 0. The summed E-state index contributed by atoms with van der Waals surface area (Å²) < 4.78 is 4.27. The van der Waals surface area contributed by atoms with Crippen LogP contribution < -0.4 is 0 Å². The van der Waals surface area contributed by atoms with Crippen LogP contribution in [0.5, 0.6) is 0 Å². The topological polar surface area (TPSA) is 12.4 Å². The molecule has 0 saturated carbocycles. The van der Waals surface area contributed by atoms with Crippen molar-refractivity contribution in [1.29, 1.82) is 0 Å². The van der Waals surface area contributed by atoms with Crippen molar-refractivity contribution in [3.05, 3.63) is 0 Å². The first-order valence-electron chi connectivity index (χ1n) is 1.92. The molecule has 0 rings (SSSR count). The molecule has 0 amide bonds. The minimum absolute atomic E-state index is 0.957. The Labute approximate surface area is 52.0 Å². The molecule has 0 radical (unpaired) electrons. The van der Waals surface area contributed by atoms with E-state index in [9.17, 15) is 0 Å². The average molecular weight is 268 g/mol. The Kier molecular flexibility index (Phi) is 2.44. The first-order chi connectivity index (χ1) is 2.56. The minimum atomic E-state index is -0.957. The van der Waals surface area contributed by atoms with E-state index in [1.807, 2.05) is 0 Å². The van der Waals surface area contributed by atoms with Gasteiger partial charge in [0.05, 0.1) is 0 Å². The Hall–Kier alpha value is 0.757. The van der Waals surface area contributed by atoms with Crippen LogP contribution in [-0.2, 0) is 20.9 Å². The van der Waals surface area contributed by atoms with Gasteiger partial charge in [-0.25, -0.2) is 0 Å². The van der Waals surface area contributed by atoms with Crippen LogP contribution in [0.25, 0.3) is 0 Å². The zero-order chi connectivity index (χ0) is 5.21. The second kappa shape index (κ2) is 2.17. The summed E-state index contributed by atoms with van der Waals surface area (Å²) in [6, 6.07) is 0. The van der Waals surface area contributed by atoms with E-state index in [-0.39, 0.29) is 0 Å². The molecule has 0 fully saturated rings. The van der Waals surface area contributed by atoms with Crippen molar-refractivity contribution >= 4 is 8.24 Å². The molecule has 0 heterocycles. The van der Waals surface area contributed by atoms with Gasteiger partial charge in [-0.3, -0.25) is 0 Å². The van der Waals surface area contributed by atoms with E-state index in [1.165, 1.54) is 20.9 Å². The third kappa shape index (κ3) is 4.76. The first kappa shape index (κ1) is 6.76. The van der Waals surface area contributed by atoms with E-state index in [2.05, 4.69) is 22.6 Å². The summed E-state index contributed by atoms with van der Waals surface area (Å²) in [6.07, 6.45) is 0. The van der Waals surface area contributed by atoms with Gasteiger partial charge in [-0.1, -0.05) is 0 Å². The summed E-state index contributed by atoms with van der Waals surface area (Å²) in [5.41, 5.74) is 0. The fraction of sp³-hybridized carbons (Fsp3) is 1.00. The van der Waals surface area contributed by atoms with E-state index in [0.717, 1.165) is 0 Å². The number of hydrogen-bond acceptors (Lipinski definition) is 1. The van der Waals surface area contributed by atoms with Gasteiger partial charge in [-0.05, 0) is 0 Å². The number of rotatable bonds is 1. The van der Waals surface area contributed by atoms with Crippen LogP contribution in [0.4, 0.5) is 0 Å². The van der Waals surface area contributed by atoms with Crippen molar-refractivity contribution < 1.29 is 20.9 Å². The van der Waals surface area contributed by atoms with Gasteiger partial charge in [0.1, 0.15) is 0 Å². The third-order valence-electron chi connectivity index (χ3n) is 0.300. The van der Waals surface area contributed by atoms with Crippen LogP contribution in [0.15, 0.2) is 3.00 Å². The molecule has 0 atom stereocenters. The Morgan fingerprint density at radius 3 is 1.50 bits per heavy atom. The maximum absolute atomic E-state index is 4.27. The molecule has 0 aromatic heterocycles. The van der Waals surface area contributed by atoms with Gasteiger partial charge >= 0.3 is 51.8 Å². The van der Waals surface area contributed by atoms with Gasteiger partial charge < -0.3 is 0 Å². The standard InChI is InChI=1S/C3H9NSi.Ta/c1-5(2,3)4;/h1-3H3;. The van der Waals surface area contributed by atoms with Gasteiger partial charge in [0.2, 0.25) is 0 Å². The zero-order valence-electron chi connectivity index (χ0n) is 4.39. The Bertz CT molecular complexity index is 56.3. The molecule has 0 aliphatic carbocycles. The van der Waals surface area contributed by atoms with Crippen LogP contribution in [0.3, 0.4) is 0 Å². The molecule has 0 aromatic carbocycles. The molecular formula is C3H9NSiTa. The van der Waals surface area contributed by atoms with Gasteiger partial charge in [-0.15, -0.1) is 0 Å². The predicted molar refractivity (Wildman–Crippen MR) is 25.8 cm³/mol. The van der Waals surface area contributed by atoms with Crippen LogP contribution >= 0.6 is 0 Å². The molecular weight excluding hydrogens is 259 g/mol. The molecule has 1 nitrogen and oxygen atoms in total. The van der Waals surface area contributed by atoms with E-state index in [1.54, 1.807) is 0 Å². The fourth-order valence-corrected chi connectivity index (χ4v) is 0. The van der Waals surface area contributed by atoms with Crippen molar-refractivity contribution in [2.24, 2.45) is 3.00 Å². The van der Waals surface area contributed by atoms with Crippen LogP contribution in [-0.4, -0.2) is 8.24 Å². The Balaban J connectivity index is 3.45. The summed E-state index contributed by atoms with van der Waals surface area (Å²) in [6.45, 7) is 6.73. The maximum atomic E-state index is 4.27. The van der Waals surface area contributed by atoms with Gasteiger partial charge in [0.25, 0.3) is 0 Å². The van der Waals surface area contributed by atoms with Crippen molar-refractivity contribution in [2.45, 2.75) is 19.6 Å². The van der Waals surface area contributed by atoms with Crippen LogP contribution in [0.2, 0.25) is 19.6 Å². The van der Waals surface area contributed by atoms with Crippen molar-refractivity contribution in [3.8, 4) is 0 Å². The summed E-state index contributed by atoms with van der Waals surface area (Å²) in [4.78, 5) is 0. The van der Waals surface area contributed by atoms with E-state index in [0.29, 0.717) is 0 Å². The zero-order valence-corrected chi connectivity index (χ0v) is 8.61. The molecule has 6 heavy (non-hydrogen) atoms. The molecule has 3 heteroatoms. The Morgan fingerprint density at radius 1 is 1.33 bits per heavy atom. The van der Waals surface area contributed by atoms with Gasteiger partial charge in [-0.2, -0.15) is 0 Å². The molecule has 0 N–H and O–H groups in total. The van der Waals surface area contributed by atoms with Gasteiger partial charge in [0.15, 0.2) is 0 Å². The number of nitrogens with zero attached hydrogens (tertiary/aromatic N) is 1. The van der Waals surface area contributed by atoms with Crippen LogP contribution in [0.1, 0.15) is 0 Å². The van der Waals surface area contributed by atoms with Crippen molar-refractivity contribution in [1.82, 2.24) is 0 Å². The molecule has 35 valence electrons. The average Bonchev–Trinajstić information content (AvgIpc) is 1.35. The molecule has 0 aromatic rings. The fourth-order valence-electron chi connectivity index (χ4n) is 0. The third-order valence-corrected chi connectivity index (χ3v) is 7.37. The molecule has 0 bridgehead atoms. The second-order valence-electron chi connectivity index (χ2n) is 2.27. The molecule has 0 saturated heterocycles. The summed E-state index contributed by atoms with van der Waals surface area (Å²) >= 11 is 1.21. The summed E-state index contributed by atoms with van der Waals surface area (Å²) in [5.74, 6) is 0. The van der Waals surface area contributed by atoms with Crippen LogP contribution in [0, 0.1) is 0 Å². The summed E-state index contributed by atoms with van der Waals surface area (Å²) in [7, 11) is -0.957. The molecule has 0 unspecified atom stereocenters. The SMILES string of the molecule is C[Si](C)(C)[N]=[Ta]. The van der Waals surface area contributed by atoms with E-state index < -0.39 is 8.24 Å². The first-order valence-corrected chi connectivity index (χ1v) is 6.81. The summed E-state index contributed by atoms with van der Waals surface area (Å²) in [5, 5.41) is 0.